The molecule has 1 rings (SSSR count). The van der Waals surface area contributed by atoms with Gasteiger partial charge >= 0.3 is 0 Å². The zero-order chi connectivity index (χ0) is 9.84. The van der Waals surface area contributed by atoms with Crippen molar-refractivity contribution < 1.29 is 4.79 Å². The molecule has 0 fully saturated rings. The van der Waals surface area contributed by atoms with Gasteiger partial charge in [-0.2, -0.15) is 0 Å². The van der Waals surface area contributed by atoms with Crippen LogP contribution in [0.2, 0.25) is 0 Å². The highest BCUT2D eigenvalue weighted by molar-refractivity contribution is 5.90. The number of hydrogen-bond donors (Lipinski definition) is 2. The van der Waals surface area contributed by atoms with E-state index in [9.17, 15) is 4.79 Å². The number of nitrogen functional groups attached to an aromatic ring is 1. The fraction of sp³-hybridized carbons (Fsp3) is 0.333. The summed E-state index contributed by atoms with van der Waals surface area (Å²) in [5.41, 5.74) is 7.00. The normalized spacial score (nSPS) is 9.69. The van der Waals surface area contributed by atoms with Gasteiger partial charge in [-0.15, -0.1) is 0 Å². The summed E-state index contributed by atoms with van der Waals surface area (Å²) in [6, 6.07) is 1.78. The number of anilines is 2. The molecule has 0 bridgehead atoms. The molecule has 0 radical (unpaired) electrons. The summed E-state index contributed by atoms with van der Waals surface area (Å²) < 4.78 is 0. The van der Waals surface area contributed by atoms with Gasteiger partial charge in [0, 0.05) is 6.42 Å². The van der Waals surface area contributed by atoms with Crippen LogP contribution in [0.15, 0.2) is 12.3 Å². The Labute approximate surface area is 77.2 Å². The van der Waals surface area contributed by atoms with Crippen LogP contribution in [0.1, 0.15) is 18.9 Å². The number of rotatable bonds is 2. The van der Waals surface area contributed by atoms with Crippen molar-refractivity contribution in [3.05, 3.63) is 17.8 Å². The molecule has 1 aromatic heterocycles. The van der Waals surface area contributed by atoms with Gasteiger partial charge in [-0.05, 0) is 18.6 Å². The first kappa shape index (κ1) is 9.51. The number of pyridine rings is 1. The maximum atomic E-state index is 11.0. The van der Waals surface area contributed by atoms with E-state index >= 15 is 0 Å². The van der Waals surface area contributed by atoms with Crippen LogP contribution in [0.25, 0.3) is 0 Å². The average Bonchev–Trinajstić information content (AvgIpc) is 2.09. The smallest absolute Gasteiger partial charge is 0.225 e. The van der Waals surface area contributed by atoms with E-state index in [1.807, 2.05) is 6.92 Å². The number of amides is 1. The maximum Gasteiger partial charge on any atom is 0.225 e. The molecule has 1 aromatic rings. The third-order valence-corrected chi connectivity index (χ3v) is 1.68. The lowest BCUT2D eigenvalue weighted by Crippen LogP contribution is -2.12. The Morgan fingerprint density at radius 2 is 2.38 bits per heavy atom. The second-order valence-corrected chi connectivity index (χ2v) is 2.84. The molecule has 70 valence electrons. The highest BCUT2D eigenvalue weighted by Crippen LogP contribution is 2.13. The predicted octanol–water partition coefficient (Wildman–Crippen LogP) is 1.32. The van der Waals surface area contributed by atoms with Crippen molar-refractivity contribution in [1.29, 1.82) is 0 Å². The third kappa shape index (κ3) is 2.43. The van der Waals surface area contributed by atoms with E-state index in [0.717, 1.165) is 5.56 Å². The molecule has 3 N–H and O–H groups in total. The van der Waals surface area contributed by atoms with Gasteiger partial charge in [0.2, 0.25) is 5.91 Å². The minimum Gasteiger partial charge on any atom is -0.397 e. The van der Waals surface area contributed by atoms with E-state index < -0.39 is 0 Å². The Balaban J connectivity index is 2.83. The van der Waals surface area contributed by atoms with Crippen LogP contribution in [0.4, 0.5) is 11.5 Å². The van der Waals surface area contributed by atoms with Gasteiger partial charge in [-0.1, -0.05) is 6.92 Å². The Hall–Kier alpha value is -1.58. The van der Waals surface area contributed by atoms with E-state index in [1.54, 1.807) is 13.0 Å². The van der Waals surface area contributed by atoms with E-state index in [2.05, 4.69) is 10.3 Å². The summed E-state index contributed by atoms with van der Waals surface area (Å²) in [7, 11) is 0. The van der Waals surface area contributed by atoms with E-state index in [-0.39, 0.29) is 5.91 Å². The van der Waals surface area contributed by atoms with Crippen LogP contribution in [0.5, 0.6) is 0 Å². The van der Waals surface area contributed by atoms with E-state index in [1.165, 1.54) is 6.20 Å². The van der Waals surface area contributed by atoms with Crippen molar-refractivity contribution in [3.8, 4) is 0 Å². The van der Waals surface area contributed by atoms with Crippen LogP contribution < -0.4 is 11.1 Å². The Morgan fingerprint density at radius 1 is 1.69 bits per heavy atom. The summed E-state index contributed by atoms with van der Waals surface area (Å²) in [5, 5.41) is 2.68. The van der Waals surface area contributed by atoms with Crippen molar-refractivity contribution in [2.75, 3.05) is 11.1 Å². The first-order chi connectivity index (χ1) is 6.13. The summed E-state index contributed by atoms with van der Waals surface area (Å²) in [5.74, 6) is 0.543. The molecule has 0 spiro atoms. The number of aryl methyl sites for hydroxylation is 1. The van der Waals surface area contributed by atoms with Crippen LogP contribution in [0.3, 0.4) is 0 Å². The lowest BCUT2D eigenvalue weighted by molar-refractivity contribution is -0.115. The van der Waals surface area contributed by atoms with E-state index in [0.29, 0.717) is 17.9 Å². The first-order valence-electron chi connectivity index (χ1n) is 4.15. The maximum absolute atomic E-state index is 11.0. The molecule has 0 aliphatic carbocycles. The molecule has 1 heterocycles. The van der Waals surface area contributed by atoms with Crippen molar-refractivity contribution in [1.82, 2.24) is 4.98 Å². The number of aromatic nitrogens is 1. The summed E-state index contributed by atoms with van der Waals surface area (Å²) in [4.78, 5) is 15.0. The zero-order valence-electron chi connectivity index (χ0n) is 7.79. The number of nitrogens with one attached hydrogen (secondary N) is 1. The molecule has 0 atom stereocenters. The molecule has 0 aliphatic rings. The molecule has 4 nitrogen and oxygen atoms in total. The third-order valence-electron chi connectivity index (χ3n) is 1.68. The lowest BCUT2D eigenvalue weighted by atomic mass is 10.2. The average molecular weight is 179 g/mol. The Morgan fingerprint density at radius 3 is 2.92 bits per heavy atom. The van der Waals surface area contributed by atoms with Crippen molar-refractivity contribution >= 4 is 17.4 Å². The fourth-order valence-corrected chi connectivity index (χ4v) is 0.948. The molecule has 0 aliphatic heterocycles. The molecule has 0 saturated carbocycles. The Bertz CT molecular complexity index is 323. The second kappa shape index (κ2) is 3.89. The van der Waals surface area contributed by atoms with Crippen molar-refractivity contribution in [2.45, 2.75) is 20.3 Å². The number of nitrogens with two attached hydrogens (primary N) is 1. The standard InChI is InChI=1S/C9H13N3O/c1-3-8(13)12-9-6(2)4-7(10)5-11-9/h4-5H,3,10H2,1-2H3,(H,11,12,13). The zero-order valence-corrected chi connectivity index (χ0v) is 7.79. The van der Waals surface area contributed by atoms with Gasteiger partial charge in [0.05, 0.1) is 11.9 Å². The number of carbonyl (C=O) groups is 1. The summed E-state index contributed by atoms with van der Waals surface area (Å²) >= 11 is 0. The number of carbonyl (C=O) groups excluding carboxylic acids is 1. The number of nitrogens with zero attached hydrogens (tertiary/aromatic N) is 1. The molecule has 4 heteroatoms. The summed E-state index contributed by atoms with van der Waals surface area (Å²) in [6.45, 7) is 3.65. The number of hydrogen-bond acceptors (Lipinski definition) is 3. The molecule has 0 unspecified atom stereocenters. The highest BCUT2D eigenvalue weighted by atomic mass is 16.1. The van der Waals surface area contributed by atoms with Gasteiger partial charge < -0.3 is 11.1 Å². The van der Waals surface area contributed by atoms with Gasteiger partial charge in [0.25, 0.3) is 0 Å². The topological polar surface area (TPSA) is 68.0 Å². The van der Waals surface area contributed by atoms with Gasteiger partial charge in [0.15, 0.2) is 0 Å². The van der Waals surface area contributed by atoms with Crippen molar-refractivity contribution in [3.63, 3.8) is 0 Å². The second-order valence-electron chi connectivity index (χ2n) is 2.84. The van der Waals surface area contributed by atoms with Crippen LogP contribution in [-0.4, -0.2) is 10.9 Å². The first-order valence-corrected chi connectivity index (χ1v) is 4.15. The van der Waals surface area contributed by atoms with E-state index in [4.69, 9.17) is 5.73 Å². The lowest BCUT2D eigenvalue weighted by Gasteiger charge is -2.05. The molecule has 1 amide bonds. The highest BCUT2D eigenvalue weighted by Gasteiger charge is 2.03. The monoisotopic (exact) mass is 179 g/mol. The molecule has 0 saturated heterocycles. The SMILES string of the molecule is CCC(=O)Nc1ncc(N)cc1C. The van der Waals surface area contributed by atoms with Crippen molar-refractivity contribution in [2.24, 2.45) is 0 Å². The Kier molecular flexibility index (Phi) is 2.84. The minimum atomic E-state index is -0.0413. The molecular weight excluding hydrogens is 166 g/mol. The largest absolute Gasteiger partial charge is 0.397 e. The van der Waals surface area contributed by atoms with Crippen LogP contribution in [0, 0.1) is 6.92 Å². The van der Waals surface area contributed by atoms with Crippen LogP contribution >= 0.6 is 0 Å². The summed E-state index contributed by atoms with van der Waals surface area (Å²) in [6.07, 6.45) is 1.98. The molecular formula is C9H13N3O. The molecule has 0 aromatic carbocycles. The van der Waals surface area contributed by atoms with Gasteiger partial charge in [-0.25, -0.2) is 4.98 Å². The van der Waals surface area contributed by atoms with Crippen LogP contribution in [-0.2, 0) is 4.79 Å². The fourth-order valence-electron chi connectivity index (χ4n) is 0.948. The predicted molar refractivity (Wildman–Crippen MR) is 52.3 cm³/mol. The minimum absolute atomic E-state index is 0.0413. The quantitative estimate of drug-likeness (QED) is 0.719. The van der Waals surface area contributed by atoms with Gasteiger partial charge in [-0.3, -0.25) is 4.79 Å². The van der Waals surface area contributed by atoms with Gasteiger partial charge in [0.1, 0.15) is 5.82 Å². The molecule has 13 heavy (non-hydrogen) atoms.